The first-order chi connectivity index (χ1) is 19.6. The maximum absolute atomic E-state index is 14.0. The largest absolute Gasteiger partial charge is 0.421 e. The zero-order valence-corrected chi connectivity index (χ0v) is 23.5. The summed E-state index contributed by atoms with van der Waals surface area (Å²) in [4.78, 5) is 37.9. The van der Waals surface area contributed by atoms with E-state index in [1.165, 1.54) is 7.11 Å². The van der Waals surface area contributed by atoms with Gasteiger partial charge in [0.1, 0.15) is 18.0 Å². The molecule has 12 heteroatoms. The molecule has 0 radical (unpaired) electrons. The highest BCUT2D eigenvalue weighted by atomic mass is 19.4. The highest BCUT2D eigenvalue weighted by Gasteiger charge is 2.57. The zero-order chi connectivity index (χ0) is 29.2. The van der Waals surface area contributed by atoms with E-state index in [0.29, 0.717) is 30.8 Å². The van der Waals surface area contributed by atoms with E-state index < -0.39 is 17.2 Å². The Morgan fingerprint density at radius 3 is 2.39 bits per heavy atom. The molecule has 41 heavy (non-hydrogen) atoms. The minimum absolute atomic E-state index is 0.00241. The van der Waals surface area contributed by atoms with Gasteiger partial charge in [-0.05, 0) is 62.9 Å². The molecule has 2 atom stereocenters. The predicted molar refractivity (Wildman–Crippen MR) is 148 cm³/mol. The number of hydrogen-bond donors (Lipinski definition) is 2. The minimum atomic E-state index is -4.65. The Kier molecular flexibility index (Phi) is 8.51. The van der Waals surface area contributed by atoms with E-state index in [1.54, 1.807) is 24.3 Å². The summed E-state index contributed by atoms with van der Waals surface area (Å²) in [6.45, 7) is 2.97. The Bertz CT molecular complexity index is 1240. The molecule has 222 valence electrons. The number of methoxy groups -OCH3 is 1. The van der Waals surface area contributed by atoms with Gasteiger partial charge in [0.2, 0.25) is 5.95 Å². The smallest absolute Gasteiger partial charge is 0.377 e. The Morgan fingerprint density at radius 2 is 1.76 bits per heavy atom. The Morgan fingerprint density at radius 1 is 1.07 bits per heavy atom. The molecule has 3 fully saturated rings. The summed E-state index contributed by atoms with van der Waals surface area (Å²) >= 11 is 0. The second-order valence-corrected chi connectivity index (χ2v) is 11.4. The molecule has 2 heterocycles. The summed E-state index contributed by atoms with van der Waals surface area (Å²) in [7, 11) is 3.50. The fraction of sp³-hybridized carbons (Fsp3) is 0.586. The summed E-state index contributed by atoms with van der Waals surface area (Å²) in [6.07, 6.45) is 0.801. The van der Waals surface area contributed by atoms with Crippen LogP contribution >= 0.6 is 0 Å². The molecular formula is C29H37F3N6O3. The van der Waals surface area contributed by atoms with Gasteiger partial charge < -0.3 is 25.2 Å². The van der Waals surface area contributed by atoms with Gasteiger partial charge in [-0.3, -0.25) is 9.59 Å². The number of rotatable bonds is 9. The van der Waals surface area contributed by atoms with Crippen molar-refractivity contribution in [3.8, 4) is 0 Å². The van der Waals surface area contributed by atoms with E-state index in [-0.39, 0.29) is 42.0 Å². The third-order valence-electron chi connectivity index (χ3n) is 8.69. The van der Waals surface area contributed by atoms with Crippen molar-refractivity contribution in [2.45, 2.75) is 50.7 Å². The zero-order valence-electron chi connectivity index (χ0n) is 23.5. The Labute approximate surface area is 237 Å². The standard InChI is InChI=1S/C29H37F3N6O3/c1-37-13-15-38(16-14-37)26(40)19-7-9-20(10-8-19)34-27-33-17-22(29(30,31)32)25(36-27)35-23-6-4-3-5-21(23)28(11-12-28)24(39)18-41-2/h7-10,17,21,23H,3-6,11-16,18H2,1-2H3,(H2,33,34,35,36)/t21?,23-/m1/s1. The van der Waals surface area contributed by atoms with Crippen molar-refractivity contribution < 1.29 is 27.5 Å². The van der Waals surface area contributed by atoms with Crippen LogP contribution in [0.15, 0.2) is 30.5 Å². The van der Waals surface area contributed by atoms with E-state index in [2.05, 4.69) is 25.5 Å². The molecule has 0 spiro atoms. The van der Waals surface area contributed by atoms with Gasteiger partial charge in [-0.1, -0.05) is 12.8 Å². The summed E-state index contributed by atoms with van der Waals surface area (Å²) in [5, 5.41) is 6.05. The van der Waals surface area contributed by atoms with Gasteiger partial charge in [-0.15, -0.1) is 0 Å². The number of aromatic nitrogens is 2. The van der Waals surface area contributed by atoms with Crippen LogP contribution < -0.4 is 10.6 Å². The Balaban J connectivity index is 1.33. The number of amides is 1. The average molecular weight is 575 g/mol. The quantitative estimate of drug-likeness (QED) is 0.449. The first-order valence-corrected chi connectivity index (χ1v) is 14.2. The lowest BCUT2D eigenvalue weighted by atomic mass is 9.72. The number of carbonyl (C=O) groups is 2. The van der Waals surface area contributed by atoms with Crippen molar-refractivity contribution in [3.63, 3.8) is 0 Å². The third-order valence-corrected chi connectivity index (χ3v) is 8.69. The van der Waals surface area contributed by atoms with Crippen molar-refractivity contribution >= 4 is 29.1 Å². The maximum atomic E-state index is 14.0. The number of carbonyl (C=O) groups excluding carboxylic acids is 2. The molecule has 2 aromatic rings. The predicted octanol–water partition coefficient (Wildman–Crippen LogP) is 4.59. The van der Waals surface area contributed by atoms with Crippen LogP contribution in [-0.4, -0.2) is 84.4 Å². The topological polar surface area (TPSA) is 99.7 Å². The third kappa shape index (κ3) is 6.48. The van der Waals surface area contributed by atoms with Crippen molar-refractivity contribution in [3.05, 3.63) is 41.6 Å². The monoisotopic (exact) mass is 574 g/mol. The number of benzene rings is 1. The van der Waals surface area contributed by atoms with E-state index in [4.69, 9.17) is 4.74 Å². The number of nitrogens with one attached hydrogen (secondary N) is 2. The van der Waals surface area contributed by atoms with Gasteiger partial charge in [-0.2, -0.15) is 18.2 Å². The molecule has 2 N–H and O–H groups in total. The molecule has 1 aromatic carbocycles. The van der Waals surface area contributed by atoms with Crippen LogP contribution in [0.5, 0.6) is 0 Å². The highest BCUT2D eigenvalue weighted by molar-refractivity contribution is 5.94. The maximum Gasteiger partial charge on any atom is 0.421 e. The lowest BCUT2D eigenvalue weighted by molar-refractivity contribution is -0.137. The van der Waals surface area contributed by atoms with Crippen LogP contribution in [0.1, 0.15) is 54.4 Å². The molecule has 1 aliphatic heterocycles. The molecule has 1 aromatic heterocycles. The van der Waals surface area contributed by atoms with Gasteiger partial charge in [-0.25, -0.2) is 4.98 Å². The molecule has 0 bridgehead atoms. The lowest BCUT2D eigenvalue weighted by Gasteiger charge is -2.38. The second-order valence-electron chi connectivity index (χ2n) is 11.4. The molecule has 1 amide bonds. The number of likely N-dealkylation sites (N-methyl/N-ethyl adjacent to an activating group) is 1. The number of ketones is 1. The van der Waals surface area contributed by atoms with Crippen LogP contribution in [0.2, 0.25) is 0 Å². The number of ether oxygens (including phenoxy) is 1. The molecule has 1 unspecified atom stereocenters. The van der Waals surface area contributed by atoms with Gasteiger partial charge in [0, 0.05) is 62.2 Å². The SMILES string of the molecule is COCC(=O)C1(C2CCCC[C@H]2Nc2nc(Nc3ccc(C(=O)N4CCN(C)CC4)cc3)ncc2C(F)(F)F)CC1. The molecule has 9 nitrogen and oxygen atoms in total. The van der Waals surface area contributed by atoms with Crippen LogP contribution in [-0.2, 0) is 15.7 Å². The van der Waals surface area contributed by atoms with Crippen LogP contribution in [0.4, 0.5) is 30.6 Å². The number of Topliss-reactive ketones (excluding diaryl/α,β-unsaturated/α-hetero) is 1. The summed E-state index contributed by atoms with van der Waals surface area (Å²) < 4.78 is 47.0. The summed E-state index contributed by atoms with van der Waals surface area (Å²) in [5.41, 5.74) is -0.405. The van der Waals surface area contributed by atoms with Crippen LogP contribution in [0, 0.1) is 11.3 Å². The van der Waals surface area contributed by atoms with Crippen molar-refractivity contribution in [2.24, 2.45) is 11.3 Å². The number of hydrogen-bond acceptors (Lipinski definition) is 8. The molecular weight excluding hydrogens is 537 g/mol. The highest BCUT2D eigenvalue weighted by Crippen LogP contribution is 2.57. The lowest BCUT2D eigenvalue weighted by Crippen LogP contribution is -2.47. The van der Waals surface area contributed by atoms with Crippen molar-refractivity contribution in [1.29, 1.82) is 0 Å². The number of anilines is 3. The normalized spacial score (nSPS) is 22.7. The summed E-state index contributed by atoms with van der Waals surface area (Å²) in [6, 6.07) is 6.42. The van der Waals surface area contributed by atoms with Crippen LogP contribution in [0.25, 0.3) is 0 Å². The van der Waals surface area contributed by atoms with E-state index in [0.717, 1.165) is 51.4 Å². The van der Waals surface area contributed by atoms with Gasteiger partial charge in [0.05, 0.1) is 0 Å². The number of alkyl halides is 3. The van der Waals surface area contributed by atoms with Gasteiger partial charge >= 0.3 is 6.18 Å². The molecule has 2 aliphatic carbocycles. The fourth-order valence-corrected chi connectivity index (χ4v) is 6.18. The Hall–Kier alpha value is -3.25. The van der Waals surface area contributed by atoms with E-state index in [9.17, 15) is 22.8 Å². The van der Waals surface area contributed by atoms with Gasteiger partial charge in [0.15, 0.2) is 5.78 Å². The minimum Gasteiger partial charge on any atom is -0.377 e. The molecule has 3 aliphatic rings. The van der Waals surface area contributed by atoms with E-state index >= 15 is 0 Å². The molecule has 5 rings (SSSR count). The van der Waals surface area contributed by atoms with Crippen molar-refractivity contribution in [1.82, 2.24) is 19.8 Å². The average Bonchev–Trinajstić information content (AvgIpc) is 3.76. The van der Waals surface area contributed by atoms with Crippen LogP contribution in [0.3, 0.4) is 0 Å². The first-order valence-electron chi connectivity index (χ1n) is 14.2. The fourth-order valence-electron chi connectivity index (χ4n) is 6.18. The van der Waals surface area contributed by atoms with E-state index in [1.807, 2.05) is 11.9 Å². The molecule has 1 saturated heterocycles. The first kappa shape index (κ1) is 29.2. The number of nitrogens with zero attached hydrogens (tertiary/aromatic N) is 4. The van der Waals surface area contributed by atoms with Gasteiger partial charge in [0.25, 0.3) is 5.91 Å². The second kappa shape index (κ2) is 11.9. The molecule has 2 saturated carbocycles. The number of halogens is 3. The van der Waals surface area contributed by atoms with Crippen molar-refractivity contribution in [2.75, 3.05) is 57.6 Å². The number of piperazine rings is 1. The summed E-state index contributed by atoms with van der Waals surface area (Å²) in [5.74, 6) is -0.418.